The molecule has 1 atom stereocenters. The predicted molar refractivity (Wildman–Crippen MR) is 145 cm³/mol. The van der Waals surface area contributed by atoms with Crippen LogP contribution in [0.15, 0.2) is 76.0 Å². The van der Waals surface area contributed by atoms with Crippen molar-refractivity contribution in [3.8, 4) is 17.2 Å². The van der Waals surface area contributed by atoms with E-state index in [2.05, 4.69) is 18.2 Å². The molecule has 1 N–H and O–H groups in total. The number of aromatic hydroxyl groups is 1. The molecule has 0 fully saturated rings. The summed E-state index contributed by atoms with van der Waals surface area (Å²) in [6.07, 6.45) is 3.48. The number of phenols is 1. The molecule has 1 aromatic heterocycles. The number of ether oxygens (including phenoxy) is 2. The number of aromatic nitrogens is 1. The fourth-order valence-electron chi connectivity index (χ4n) is 5.09. The van der Waals surface area contributed by atoms with Crippen molar-refractivity contribution in [3.05, 3.63) is 113 Å². The van der Waals surface area contributed by atoms with Crippen molar-refractivity contribution in [1.29, 1.82) is 0 Å². The summed E-state index contributed by atoms with van der Waals surface area (Å²) in [6.45, 7) is 0. The van der Waals surface area contributed by atoms with Crippen LogP contribution in [0.4, 0.5) is 0 Å². The lowest BCUT2D eigenvalue weighted by molar-refractivity contribution is 0.373. The molecular formula is C29H23ClN2O4S. The summed E-state index contributed by atoms with van der Waals surface area (Å²) in [4.78, 5) is 19.5. The van der Waals surface area contributed by atoms with Crippen LogP contribution < -0.4 is 24.4 Å². The molecule has 1 aliphatic carbocycles. The van der Waals surface area contributed by atoms with Crippen molar-refractivity contribution in [2.75, 3.05) is 14.2 Å². The van der Waals surface area contributed by atoms with Gasteiger partial charge in [0.25, 0.3) is 5.56 Å². The highest BCUT2D eigenvalue weighted by Crippen LogP contribution is 2.41. The lowest BCUT2D eigenvalue weighted by Crippen LogP contribution is -2.38. The molecule has 2 aliphatic rings. The monoisotopic (exact) mass is 530 g/mol. The number of rotatable bonds is 4. The van der Waals surface area contributed by atoms with Crippen LogP contribution in [-0.4, -0.2) is 23.9 Å². The molecule has 6 nitrogen and oxygen atoms in total. The van der Waals surface area contributed by atoms with Gasteiger partial charge in [0.1, 0.15) is 5.75 Å². The third kappa shape index (κ3) is 3.95. The van der Waals surface area contributed by atoms with Gasteiger partial charge in [0.2, 0.25) is 0 Å². The second-order valence-electron chi connectivity index (χ2n) is 8.94. The van der Waals surface area contributed by atoms with E-state index in [-0.39, 0.29) is 28.1 Å². The van der Waals surface area contributed by atoms with Crippen molar-refractivity contribution >= 4 is 34.7 Å². The van der Waals surface area contributed by atoms with Gasteiger partial charge in [-0.25, -0.2) is 4.99 Å². The van der Waals surface area contributed by atoms with Crippen LogP contribution in [0.1, 0.15) is 34.7 Å². The molecule has 186 valence electrons. The van der Waals surface area contributed by atoms with Crippen LogP contribution in [0.25, 0.3) is 11.8 Å². The van der Waals surface area contributed by atoms with Crippen LogP contribution >= 0.6 is 22.9 Å². The first-order chi connectivity index (χ1) is 18.0. The molecule has 8 heteroatoms. The molecule has 0 saturated carbocycles. The number of fused-ring (bicyclic) bond motifs is 3. The van der Waals surface area contributed by atoms with E-state index in [9.17, 15) is 9.90 Å². The highest BCUT2D eigenvalue weighted by molar-refractivity contribution is 7.07. The lowest BCUT2D eigenvalue weighted by atomic mass is 9.83. The number of thiazole rings is 1. The average Bonchev–Trinajstić information content (AvgIpc) is 3.23. The smallest absolute Gasteiger partial charge is 0.271 e. The van der Waals surface area contributed by atoms with Gasteiger partial charge >= 0.3 is 0 Å². The van der Waals surface area contributed by atoms with E-state index in [1.807, 2.05) is 30.3 Å². The summed E-state index contributed by atoms with van der Waals surface area (Å²) in [6, 6.07) is 19.2. The minimum Gasteiger partial charge on any atom is -0.503 e. The Kier molecular flexibility index (Phi) is 5.89. The zero-order valence-electron chi connectivity index (χ0n) is 20.2. The summed E-state index contributed by atoms with van der Waals surface area (Å²) < 4.78 is 12.9. The Bertz CT molecular complexity index is 1750. The van der Waals surface area contributed by atoms with E-state index >= 15 is 0 Å². The second-order valence-corrected chi connectivity index (χ2v) is 10.4. The number of phenolic OH excluding ortho intramolecular Hbond substituents is 1. The first-order valence-corrected chi connectivity index (χ1v) is 13.0. The zero-order valence-corrected chi connectivity index (χ0v) is 21.8. The van der Waals surface area contributed by atoms with Gasteiger partial charge in [-0.05, 0) is 65.4 Å². The minimum absolute atomic E-state index is 0.127. The molecule has 0 saturated heterocycles. The van der Waals surface area contributed by atoms with E-state index in [4.69, 9.17) is 26.1 Å². The van der Waals surface area contributed by atoms with Gasteiger partial charge in [-0.3, -0.25) is 9.36 Å². The molecule has 3 aromatic carbocycles. The van der Waals surface area contributed by atoms with Gasteiger partial charge in [0.05, 0.1) is 35.5 Å². The molecular weight excluding hydrogens is 508 g/mol. The molecule has 0 spiro atoms. The molecule has 1 unspecified atom stereocenters. The molecule has 0 bridgehead atoms. The molecule has 2 heterocycles. The third-order valence-corrected chi connectivity index (χ3v) is 8.14. The van der Waals surface area contributed by atoms with Gasteiger partial charge in [-0.1, -0.05) is 59.3 Å². The largest absolute Gasteiger partial charge is 0.503 e. The van der Waals surface area contributed by atoms with Crippen molar-refractivity contribution in [1.82, 2.24) is 4.57 Å². The summed E-state index contributed by atoms with van der Waals surface area (Å²) in [5.41, 5.74) is 6.00. The van der Waals surface area contributed by atoms with E-state index < -0.39 is 0 Å². The minimum atomic E-state index is -0.273. The van der Waals surface area contributed by atoms with Crippen LogP contribution in [0.3, 0.4) is 0 Å². The van der Waals surface area contributed by atoms with Gasteiger partial charge in [0, 0.05) is 5.56 Å². The number of halogens is 1. The first kappa shape index (κ1) is 23.6. The number of aryl methyl sites for hydroxylation is 1. The van der Waals surface area contributed by atoms with Crippen molar-refractivity contribution in [3.63, 3.8) is 0 Å². The normalized spacial score (nSPS) is 16.5. The quantitative estimate of drug-likeness (QED) is 0.415. The van der Waals surface area contributed by atoms with Crippen LogP contribution in [0.2, 0.25) is 5.02 Å². The fourth-order valence-corrected chi connectivity index (χ4v) is 6.31. The Morgan fingerprint density at radius 1 is 1.08 bits per heavy atom. The Morgan fingerprint density at radius 2 is 1.86 bits per heavy atom. The number of hydrogen-bond donors (Lipinski definition) is 1. The maximum atomic E-state index is 13.9. The van der Waals surface area contributed by atoms with Gasteiger partial charge in [-0.2, -0.15) is 0 Å². The molecule has 1 aliphatic heterocycles. The maximum absolute atomic E-state index is 13.9. The highest BCUT2D eigenvalue weighted by atomic mass is 35.5. The maximum Gasteiger partial charge on any atom is 0.271 e. The van der Waals surface area contributed by atoms with E-state index in [0.717, 1.165) is 41.0 Å². The number of methoxy groups -OCH3 is 2. The summed E-state index contributed by atoms with van der Waals surface area (Å²) in [7, 11) is 3.10. The van der Waals surface area contributed by atoms with E-state index in [1.165, 1.54) is 24.0 Å². The van der Waals surface area contributed by atoms with E-state index in [1.54, 1.807) is 29.9 Å². The lowest BCUT2D eigenvalue weighted by Gasteiger charge is -2.30. The average molecular weight is 531 g/mol. The highest BCUT2D eigenvalue weighted by Gasteiger charge is 2.32. The molecule has 37 heavy (non-hydrogen) atoms. The number of hydrogen-bond acceptors (Lipinski definition) is 6. The van der Waals surface area contributed by atoms with Gasteiger partial charge in [-0.15, -0.1) is 0 Å². The Hall–Kier alpha value is -3.81. The standard InChI is InChI=1S/C29H23ClN2O4S/c1-35-19-10-7-18(8-11-19)26-21-12-9-17-5-3-4-6-20(17)25(21)31-29-32(26)28(34)24(37-29)15-16-13-22(30)27(33)23(14-16)36-2/h3-8,10-11,13-15,26,33H,9,12H2,1-2H3. The molecule has 6 rings (SSSR count). The Balaban J connectivity index is 1.59. The second kappa shape index (κ2) is 9.25. The number of allylic oxidation sites excluding steroid dienone is 1. The van der Waals surface area contributed by atoms with Gasteiger partial charge < -0.3 is 14.6 Å². The van der Waals surface area contributed by atoms with Crippen molar-refractivity contribution in [2.24, 2.45) is 4.99 Å². The fraction of sp³-hybridized carbons (Fsp3) is 0.172. The molecule has 0 radical (unpaired) electrons. The Labute approximate surface area is 222 Å². The van der Waals surface area contributed by atoms with Crippen LogP contribution in [-0.2, 0) is 6.42 Å². The summed E-state index contributed by atoms with van der Waals surface area (Å²) in [5, 5.41) is 10.3. The van der Waals surface area contributed by atoms with Crippen LogP contribution in [0, 0.1) is 0 Å². The number of nitrogens with zero attached hydrogens (tertiary/aromatic N) is 2. The number of benzene rings is 3. The SMILES string of the molecule is COc1ccc(C2C3=C(N=c4sc(=Cc5cc(Cl)c(O)c(OC)c5)c(=O)n42)c2ccccc2CC3)cc1. The Morgan fingerprint density at radius 3 is 2.62 bits per heavy atom. The molecule has 4 aromatic rings. The van der Waals surface area contributed by atoms with Gasteiger partial charge in [0.15, 0.2) is 16.3 Å². The molecule has 0 amide bonds. The van der Waals surface area contributed by atoms with Crippen molar-refractivity contribution in [2.45, 2.75) is 18.9 Å². The summed E-state index contributed by atoms with van der Waals surface area (Å²) >= 11 is 7.54. The van der Waals surface area contributed by atoms with Crippen LogP contribution in [0.5, 0.6) is 17.2 Å². The topological polar surface area (TPSA) is 73.1 Å². The summed E-state index contributed by atoms with van der Waals surface area (Å²) in [5.74, 6) is 0.876. The third-order valence-electron chi connectivity index (χ3n) is 6.87. The van der Waals surface area contributed by atoms with Crippen molar-refractivity contribution < 1.29 is 14.6 Å². The zero-order chi connectivity index (χ0) is 25.7. The van der Waals surface area contributed by atoms with E-state index in [0.29, 0.717) is 14.9 Å². The first-order valence-electron chi connectivity index (χ1n) is 11.8. The predicted octanol–water partition coefficient (Wildman–Crippen LogP) is 4.69.